The van der Waals surface area contributed by atoms with Crippen LogP contribution in [0.5, 0.6) is 5.75 Å². The van der Waals surface area contributed by atoms with E-state index in [4.69, 9.17) is 9.47 Å². The number of carbonyl (C=O) groups excluding carboxylic acids is 2. The van der Waals surface area contributed by atoms with E-state index in [1.54, 1.807) is 17.6 Å². The molecule has 5 rings (SSSR count). The summed E-state index contributed by atoms with van der Waals surface area (Å²) in [4.78, 5) is 30.3. The lowest BCUT2D eigenvalue weighted by molar-refractivity contribution is -0.143. The molecule has 40 heavy (non-hydrogen) atoms. The topological polar surface area (TPSA) is 107 Å². The van der Waals surface area contributed by atoms with Crippen LogP contribution in [0.4, 0.5) is 0 Å². The third-order valence-corrected chi connectivity index (χ3v) is 9.49. The van der Waals surface area contributed by atoms with Crippen molar-refractivity contribution < 1.29 is 27.5 Å². The maximum absolute atomic E-state index is 13.3. The average molecular weight is 580 g/mol. The zero-order chi connectivity index (χ0) is 28.3. The summed E-state index contributed by atoms with van der Waals surface area (Å²) in [5, 5.41) is 0. The van der Waals surface area contributed by atoms with Crippen molar-refractivity contribution in [1.82, 2.24) is 8.87 Å². The third kappa shape index (κ3) is 5.58. The highest BCUT2D eigenvalue weighted by Crippen LogP contribution is 2.28. The molecule has 0 N–H and O–H groups in total. The van der Waals surface area contributed by atoms with Crippen molar-refractivity contribution in [2.24, 2.45) is 4.99 Å². The van der Waals surface area contributed by atoms with E-state index in [9.17, 15) is 18.0 Å². The van der Waals surface area contributed by atoms with Gasteiger partial charge in [0.1, 0.15) is 17.8 Å². The van der Waals surface area contributed by atoms with Gasteiger partial charge in [0.2, 0.25) is 10.0 Å². The second kappa shape index (κ2) is 11.7. The SMILES string of the molecule is CCOC(=O)Cn1c(=NC(=O)c2ccc(S(=O)(=O)N3CCc4ccccc4C3)cc2)sc2cccc(OCC)c21. The highest BCUT2D eigenvalue weighted by atomic mass is 32.2. The van der Waals surface area contributed by atoms with Crippen molar-refractivity contribution in [2.75, 3.05) is 19.8 Å². The normalized spacial score (nSPS) is 14.2. The number of hydrogen-bond donors (Lipinski definition) is 0. The number of carbonyl (C=O) groups is 2. The Morgan fingerprint density at radius 3 is 2.42 bits per heavy atom. The first kappa shape index (κ1) is 27.8. The van der Waals surface area contributed by atoms with Crippen LogP contribution < -0.4 is 9.54 Å². The summed E-state index contributed by atoms with van der Waals surface area (Å²) >= 11 is 1.25. The standard InChI is InChI=1S/C29H29N3O6S2/c1-3-37-24-10-7-11-25-27(24)32(19-26(33)38-4-2)29(39-25)30-28(34)21-12-14-23(15-13-21)40(35,36)31-17-16-20-8-5-6-9-22(20)18-31/h5-15H,3-4,16-19H2,1-2H3. The molecule has 4 aromatic rings. The molecule has 0 atom stereocenters. The van der Waals surface area contributed by atoms with Crippen molar-refractivity contribution in [3.63, 3.8) is 0 Å². The molecule has 1 aromatic heterocycles. The number of aromatic nitrogens is 1. The molecule has 0 fully saturated rings. The number of para-hydroxylation sites is 1. The van der Waals surface area contributed by atoms with Crippen LogP contribution >= 0.6 is 11.3 Å². The maximum atomic E-state index is 13.3. The second-order valence-electron chi connectivity index (χ2n) is 9.11. The van der Waals surface area contributed by atoms with Gasteiger partial charge in [0.25, 0.3) is 5.91 Å². The van der Waals surface area contributed by atoms with E-state index >= 15 is 0 Å². The highest BCUT2D eigenvalue weighted by molar-refractivity contribution is 7.89. The molecule has 9 nitrogen and oxygen atoms in total. The first-order valence-corrected chi connectivity index (χ1v) is 15.2. The van der Waals surface area contributed by atoms with Gasteiger partial charge in [-0.15, -0.1) is 0 Å². The predicted octanol–water partition coefficient (Wildman–Crippen LogP) is 4.15. The van der Waals surface area contributed by atoms with Crippen LogP contribution in [0.15, 0.2) is 76.6 Å². The maximum Gasteiger partial charge on any atom is 0.326 e. The Bertz CT molecular complexity index is 1740. The molecular weight excluding hydrogens is 550 g/mol. The minimum Gasteiger partial charge on any atom is -0.492 e. The lowest BCUT2D eigenvalue weighted by Gasteiger charge is -2.28. The lowest BCUT2D eigenvalue weighted by Crippen LogP contribution is -2.35. The summed E-state index contributed by atoms with van der Waals surface area (Å²) in [6.45, 7) is 4.81. The van der Waals surface area contributed by atoms with Gasteiger partial charge in [0.05, 0.1) is 22.8 Å². The van der Waals surface area contributed by atoms with Crippen LogP contribution in [0.1, 0.15) is 35.3 Å². The van der Waals surface area contributed by atoms with E-state index < -0.39 is 21.9 Å². The zero-order valence-electron chi connectivity index (χ0n) is 22.2. The summed E-state index contributed by atoms with van der Waals surface area (Å²) in [5.74, 6) is -0.445. The van der Waals surface area contributed by atoms with Gasteiger partial charge in [-0.05, 0) is 67.8 Å². The monoisotopic (exact) mass is 579 g/mol. The Morgan fingerprint density at radius 2 is 1.70 bits per heavy atom. The molecule has 0 saturated heterocycles. The van der Waals surface area contributed by atoms with E-state index in [0.717, 1.165) is 15.8 Å². The number of sulfonamides is 1. The Balaban J connectivity index is 1.45. The number of ether oxygens (including phenoxy) is 2. The molecule has 208 valence electrons. The van der Waals surface area contributed by atoms with Crippen LogP contribution in [0.25, 0.3) is 10.2 Å². The molecular formula is C29H29N3O6S2. The van der Waals surface area contributed by atoms with Gasteiger partial charge in [0.15, 0.2) is 4.80 Å². The summed E-state index contributed by atoms with van der Waals surface area (Å²) in [7, 11) is -3.74. The van der Waals surface area contributed by atoms with Crippen LogP contribution in [-0.4, -0.2) is 48.9 Å². The Hall–Kier alpha value is -3.80. The fourth-order valence-corrected chi connectivity index (χ4v) is 7.15. The summed E-state index contributed by atoms with van der Waals surface area (Å²) < 4.78 is 41.4. The molecule has 1 aliphatic rings. The van der Waals surface area contributed by atoms with Gasteiger partial charge in [-0.3, -0.25) is 9.59 Å². The molecule has 1 amide bonds. The van der Waals surface area contributed by atoms with Gasteiger partial charge < -0.3 is 14.0 Å². The van der Waals surface area contributed by atoms with Gasteiger partial charge in [-0.2, -0.15) is 9.30 Å². The first-order valence-electron chi connectivity index (χ1n) is 13.0. The first-order chi connectivity index (χ1) is 19.3. The molecule has 0 aliphatic carbocycles. The van der Waals surface area contributed by atoms with Crippen LogP contribution in [-0.2, 0) is 39.1 Å². The molecule has 0 unspecified atom stereocenters. The number of amides is 1. The largest absolute Gasteiger partial charge is 0.492 e. The van der Waals surface area contributed by atoms with E-state index in [1.165, 1.54) is 39.9 Å². The number of benzene rings is 3. The van der Waals surface area contributed by atoms with E-state index in [0.29, 0.717) is 42.2 Å². The van der Waals surface area contributed by atoms with Gasteiger partial charge in [0, 0.05) is 18.7 Å². The minimum absolute atomic E-state index is 0.115. The average Bonchev–Trinajstić information content (AvgIpc) is 3.30. The summed E-state index contributed by atoms with van der Waals surface area (Å²) in [6.07, 6.45) is 0.650. The third-order valence-electron chi connectivity index (χ3n) is 6.59. The van der Waals surface area contributed by atoms with E-state index in [1.807, 2.05) is 43.3 Å². The van der Waals surface area contributed by atoms with Crippen LogP contribution in [0.3, 0.4) is 0 Å². The lowest BCUT2D eigenvalue weighted by atomic mass is 10.0. The number of nitrogens with zero attached hydrogens (tertiary/aromatic N) is 3. The quantitative estimate of drug-likeness (QED) is 0.290. The molecule has 0 radical (unpaired) electrons. The van der Waals surface area contributed by atoms with Gasteiger partial charge in [-0.25, -0.2) is 8.42 Å². The smallest absolute Gasteiger partial charge is 0.326 e. The molecule has 0 spiro atoms. The zero-order valence-corrected chi connectivity index (χ0v) is 23.8. The highest BCUT2D eigenvalue weighted by Gasteiger charge is 2.28. The fourth-order valence-electron chi connectivity index (χ4n) is 4.68. The van der Waals surface area contributed by atoms with Crippen molar-refractivity contribution in [1.29, 1.82) is 0 Å². The Morgan fingerprint density at radius 1 is 0.950 bits per heavy atom. The number of thiazole rings is 1. The predicted molar refractivity (Wildman–Crippen MR) is 152 cm³/mol. The van der Waals surface area contributed by atoms with Gasteiger partial charge >= 0.3 is 5.97 Å². The molecule has 0 saturated carbocycles. The molecule has 1 aliphatic heterocycles. The van der Waals surface area contributed by atoms with E-state index in [2.05, 4.69) is 4.99 Å². The van der Waals surface area contributed by atoms with Crippen LogP contribution in [0, 0.1) is 0 Å². The molecule has 2 heterocycles. The number of fused-ring (bicyclic) bond motifs is 2. The van der Waals surface area contributed by atoms with E-state index in [-0.39, 0.29) is 23.6 Å². The molecule has 3 aromatic carbocycles. The number of rotatable bonds is 8. The minimum atomic E-state index is -3.74. The molecule has 0 bridgehead atoms. The summed E-state index contributed by atoms with van der Waals surface area (Å²) in [5.41, 5.74) is 3.04. The van der Waals surface area contributed by atoms with Crippen molar-refractivity contribution >= 4 is 43.5 Å². The van der Waals surface area contributed by atoms with Crippen LogP contribution in [0.2, 0.25) is 0 Å². The summed E-state index contributed by atoms with van der Waals surface area (Å²) in [6, 6.07) is 19.1. The number of hydrogen-bond acceptors (Lipinski definition) is 7. The second-order valence-corrected chi connectivity index (χ2v) is 12.1. The van der Waals surface area contributed by atoms with Crippen molar-refractivity contribution in [3.8, 4) is 5.75 Å². The van der Waals surface area contributed by atoms with Crippen molar-refractivity contribution in [2.45, 2.75) is 38.3 Å². The molecule has 11 heteroatoms. The fraction of sp³-hybridized carbons (Fsp3) is 0.276. The number of esters is 1. The Labute approximate surface area is 236 Å². The van der Waals surface area contributed by atoms with Crippen molar-refractivity contribution in [3.05, 3.63) is 88.2 Å². The van der Waals surface area contributed by atoms with Gasteiger partial charge in [-0.1, -0.05) is 41.7 Å². The Kier molecular flexibility index (Phi) is 8.15.